The number of benzene rings is 2. The van der Waals surface area contributed by atoms with Crippen LogP contribution >= 0.6 is 22.9 Å². The average molecular weight is 394 g/mol. The van der Waals surface area contributed by atoms with Gasteiger partial charge in [0.25, 0.3) is 5.91 Å². The highest BCUT2D eigenvalue weighted by molar-refractivity contribution is 7.90. The minimum atomic E-state index is -3.50. The van der Waals surface area contributed by atoms with Gasteiger partial charge in [0.05, 0.1) is 4.90 Å². The molecule has 3 rings (SSSR count). The van der Waals surface area contributed by atoms with Crippen molar-refractivity contribution < 1.29 is 13.2 Å². The van der Waals surface area contributed by atoms with Gasteiger partial charge in [-0.2, -0.15) is 0 Å². The highest BCUT2D eigenvalue weighted by Crippen LogP contribution is 2.22. The lowest BCUT2D eigenvalue weighted by atomic mass is 10.2. The van der Waals surface area contributed by atoms with E-state index >= 15 is 0 Å². The zero-order chi connectivity index (χ0) is 17.9. The van der Waals surface area contributed by atoms with Gasteiger partial charge in [0.2, 0.25) is 5.13 Å². The molecule has 0 radical (unpaired) electrons. The molecule has 0 saturated heterocycles. The number of hydrogen-bond acceptors (Lipinski definition) is 6. The SMILES string of the molecule is O=C(Nc1nnc(CS(=O)(=O)c2ccccc2)s1)c1ccc(Cl)cc1. The van der Waals surface area contributed by atoms with Gasteiger partial charge in [-0.15, -0.1) is 10.2 Å². The van der Waals surface area contributed by atoms with Crippen LogP contribution in [-0.2, 0) is 15.6 Å². The number of nitrogens with one attached hydrogen (secondary N) is 1. The van der Waals surface area contributed by atoms with Crippen molar-refractivity contribution in [2.45, 2.75) is 10.6 Å². The number of carbonyl (C=O) groups excluding carboxylic acids is 1. The summed E-state index contributed by atoms with van der Waals surface area (Å²) < 4.78 is 24.7. The van der Waals surface area contributed by atoms with Gasteiger partial charge in [-0.25, -0.2) is 8.42 Å². The Labute approximate surface area is 153 Å². The topological polar surface area (TPSA) is 89.0 Å². The van der Waals surface area contributed by atoms with Crippen LogP contribution in [-0.4, -0.2) is 24.5 Å². The Hall–Kier alpha value is -2.29. The summed E-state index contributed by atoms with van der Waals surface area (Å²) in [6, 6.07) is 14.5. The monoisotopic (exact) mass is 393 g/mol. The molecule has 0 fully saturated rings. The predicted octanol–water partition coefficient (Wildman–Crippen LogP) is 3.42. The molecule has 3 aromatic rings. The number of rotatable bonds is 5. The second-order valence-electron chi connectivity index (χ2n) is 5.03. The van der Waals surface area contributed by atoms with Crippen molar-refractivity contribution in [2.75, 3.05) is 5.32 Å². The quantitative estimate of drug-likeness (QED) is 0.717. The van der Waals surface area contributed by atoms with Crippen LogP contribution in [0.3, 0.4) is 0 Å². The summed E-state index contributed by atoms with van der Waals surface area (Å²) >= 11 is 6.80. The molecule has 0 aliphatic heterocycles. The summed E-state index contributed by atoms with van der Waals surface area (Å²) in [6.07, 6.45) is 0. The number of nitrogens with zero attached hydrogens (tertiary/aromatic N) is 2. The third-order valence-corrected chi connectivity index (χ3v) is 6.13. The largest absolute Gasteiger partial charge is 0.296 e. The van der Waals surface area contributed by atoms with Gasteiger partial charge in [0.1, 0.15) is 10.8 Å². The molecule has 1 N–H and O–H groups in total. The van der Waals surface area contributed by atoms with E-state index in [1.54, 1.807) is 42.5 Å². The minimum Gasteiger partial charge on any atom is -0.296 e. The molecule has 0 unspecified atom stereocenters. The molecule has 9 heteroatoms. The molecule has 6 nitrogen and oxygen atoms in total. The van der Waals surface area contributed by atoms with E-state index in [0.29, 0.717) is 15.6 Å². The molecule has 0 spiro atoms. The normalized spacial score (nSPS) is 11.2. The van der Waals surface area contributed by atoms with Crippen LogP contribution in [0.5, 0.6) is 0 Å². The van der Waals surface area contributed by atoms with E-state index in [4.69, 9.17) is 11.6 Å². The molecule has 1 amide bonds. The van der Waals surface area contributed by atoms with Crippen molar-refractivity contribution in [2.24, 2.45) is 0 Å². The van der Waals surface area contributed by atoms with Gasteiger partial charge in [-0.1, -0.05) is 41.1 Å². The van der Waals surface area contributed by atoms with Gasteiger partial charge < -0.3 is 0 Å². The van der Waals surface area contributed by atoms with Gasteiger partial charge >= 0.3 is 0 Å². The first-order valence-electron chi connectivity index (χ1n) is 7.11. The summed E-state index contributed by atoms with van der Waals surface area (Å²) in [6.45, 7) is 0. The van der Waals surface area contributed by atoms with Crippen LogP contribution in [0.15, 0.2) is 59.5 Å². The van der Waals surface area contributed by atoms with Crippen LogP contribution in [0.2, 0.25) is 5.02 Å². The molecular formula is C16H12ClN3O3S2. The Morgan fingerprint density at radius 3 is 2.40 bits per heavy atom. The maximum Gasteiger partial charge on any atom is 0.257 e. The summed E-state index contributed by atoms with van der Waals surface area (Å²) in [5, 5.41) is 11.3. The van der Waals surface area contributed by atoms with E-state index in [1.165, 1.54) is 12.1 Å². The summed E-state index contributed by atoms with van der Waals surface area (Å²) in [7, 11) is -3.50. The molecule has 0 saturated carbocycles. The van der Waals surface area contributed by atoms with Crippen LogP contribution in [0.25, 0.3) is 0 Å². The van der Waals surface area contributed by atoms with Gasteiger partial charge in [-0.3, -0.25) is 10.1 Å². The Morgan fingerprint density at radius 2 is 1.72 bits per heavy atom. The fourth-order valence-corrected chi connectivity index (χ4v) is 4.49. The summed E-state index contributed by atoms with van der Waals surface area (Å²) in [5.41, 5.74) is 0.415. The maximum absolute atomic E-state index is 12.3. The molecule has 1 aromatic heterocycles. The molecule has 0 atom stereocenters. The number of anilines is 1. The first kappa shape index (κ1) is 17.5. The fourth-order valence-electron chi connectivity index (χ4n) is 2.01. The smallest absolute Gasteiger partial charge is 0.257 e. The third kappa shape index (κ3) is 4.41. The Morgan fingerprint density at radius 1 is 1.04 bits per heavy atom. The molecule has 1 heterocycles. The lowest BCUT2D eigenvalue weighted by molar-refractivity contribution is 0.102. The van der Waals surface area contributed by atoms with Crippen LogP contribution in [0, 0.1) is 0 Å². The number of hydrogen-bond donors (Lipinski definition) is 1. The summed E-state index contributed by atoms with van der Waals surface area (Å²) in [5.74, 6) is -0.642. The molecule has 0 aliphatic rings. The number of carbonyl (C=O) groups is 1. The molecular weight excluding hydrogens is 382 g/mol. The predicted molar refractivity (Wildman–Crippen MR) is 96.6 cm³/mol. The fraction of sp³-hybridized carbons (Fsp3) is 0.0625. The van der Waals surface area contributed by atoms with Crippen molar-refractivity contribution in [3.05, 3.63) is 70.2 Å². The van der Waals surface area contributed by atoms with E-state index in [-0.39, 0.29) is 21.7 Å². The van der Waals surface area contributed by atoms with Crippen LogP contribution in [0.4, 0.5) is 5.13 Å². The Balaban J connectivity index is 1.70. The number of amides is 1. The second kappa shape index (κ2) is 7.30. The summed E-state index contributed by atoms with van der Waals surface area (Å²) in [4.78, 5) is 12.3. The van der Waals surface area contributed by atoms with Crippen molar-refractivity contribution in [3.63, 3.8) is 0 Å². The van der Waals surface area contributed by atoms with Crippen LogP contribution in [0.1, 0.15) is 15.4 Å². The van der Waals surface area contributed by atoms with E-state index < -0.39 is 9.84 Å². The zero-order valence-electron chi connectivity index (χ0n) is 12.7. The Bertz CT molecular complexity index is 987. The van der Waals surface area contributed by atoms with Gasteiger partial charge in [-0.05, 0) is 36.4 Å². The minimum absolute atomic E-state index is 0.219. The number of sulfone groups is 1. The average Bonchev–Trinajstić information content (AvgIpc) is 3.02. The highest BCUT2D eigenvalue weighted by Gasteiger charge is 2.18. The van der Waals surface area contributed by atoms with Crippen molar-refractivity contribution in [3.8, 4) is 0 Å². The van der Waals surface area contributed by atoms with Gasteiger partial charge in [0, 0.05) is 10.6 Å². The van der Waals surface area contributed by atoms with Crippen molar-refractivity contribution >= 4 is 43.8 Å². The number of halogens is 1. The first-order chi connectivity index (χ1) is 11.9. The zero-order valence-corrected chi connectivity index (χ0v) is 15.1. The second-order valence-corrected chi connectivity index (χ2v) is 8.52. The first-order valence-corrected chi connectivity index (χ1v) is 9.96. The Kier molecular flexibility index (Phi) is 5.12. The van der Waals surface area contributed by atoms with Crippen molar-refractivity contribution in [1.82, 2.24) is 10.2 Å². The lowest BCUT2D eigenvalue weighted by Gasteiger charge is -2.01. The molecule has 0 aliphatic carbocycles. The lowest BCUT2D eigenvalue weighted by Crippen LogP contribution is -2.11. The third-order valence-electron chi connectivity index (χ3n) is 3.21. The number of aromatic nitrogens is 2. The maximum atomic E-state index is 12.3. The molecule has 0 bridgehead atoms. The van der Waals surface area contributed by atoms with E-state index in [1.807, 2.05) is 0 Å². The van der Waals surface area contributed by atoms with Crippen LogP contribution < -0.4 is 5.32 Å². The van der Waals surface area contributed by atoms with E-state index in [2.05, 4.69) is 15.5 Å². The highest BCUT2D eigenvalue weighted by atomic mass is 35.5. The standard InChI is InChI=1S/C16H12ClN3O3S2/c17-12-8-6-11(7-9-12)15(21)18-16-20-19-14(24-16)10-25(22,23)13-4-2-1-3-5-13/h1-9H,10H2,(H,18,20,21). The van der Waals surface area contributed by atoms with E-state index in [0.717, 1.165) is 11.3 Å². The molecule has 25 heavy (non-hydrogen) atoms. The van der Waals surface area contributed by atoms with Gasteiger partial charge in [0.15, 0.2) is 9.84 Å². The van der Waals surface area contributed by atoms with Crippen molar-refractivity contribution in [1.29, 1.82) is 0 Å². The molecule has 2 aromatic carbocycles. The molecule has 128 valence electrons. The van der Waals surface area contributed by atoms with E-state index in [9.17, 15) is 13.2 Å².